The maximum absolute atomic E-state index is 12.7. The van der Waals surface area contributed by atoms with Crippen LogP contribution in [-0.2, 0) is 20.9 Å². The number of carbonyl (C=O) groups is 2. The minimum Gasteiger partial charge on any atom is -0.466 e. The zero-order chi connectivity index (χ0) is 17.1. The Labute approximate surface area is 141 Å². The highest BCUT2D eigenvalue weighted by Gasteiger charge is 2.33. The van der Waals surface area contributed by atoms with E-state index in [-0.39, 0.29) is 24.3 Å². The summed E-state index contributed by atoms with van der Waals surface area (Å²) in [6, 6.07) is 7.56. The lowest BCUT2D eigenvalue weighted by Gasteiger charge is -2.33. The van der Waals surface area contributed by atoms with Gasteiger partial charge in [0.25, 0.3) is 0 Å². The molecule has 0 radical (unpaired) electrons. The van der Waals surface area contributed by atoms with Crippen LogP contribution in [0.15, 0.2) is 36.8 Å². The molecule has 3 rings (SSSR count). The SMILES string of the molecule is CCOC(=O)C1CCN(C(=O)Cn2cncc2C)c2ccccc21. The molecule has 0 bridgehead atoms. The monoisotopic (exact) mass is 327 g/mol. The van der Waals surface area contributed by atoms with Gasteiger partial charge in [-0.2, -0.15) is 0 Å². The second-order valence-corrected chi connectivity index (χ2v) is 5.86. The van der Waals surface area contributed by atoms with Crippen molar-refractivity contribution in [2.75, 3.05) is 18.1 Å². The largest absolute Gasteiger partial charge is 0.466 e. The summed E-state index contributed by atoms with van der Waals surface area (Å²) in [7, 11) is 0. The van der Waals surface area contributed by atoms with Gasteiger partial charge in [0.1, 0.15) is 6.54 Å². The van der Waals surface area contributed by atoms with Crippen LogP contribution in [0.5, 0.6) is 0 Å². The van der Waals surface area contributed by atoms with Gasteiger partial charge in [-0.3, -0.25) is 9.59 Å². The van der Waals surface area contributed by atoms with E-state index in [1.54, 1.807) is 24.3 Å². The summed E-state index contributed by atoms with van der Waals surface area (Å²) in [5.74, 6) is -0.534. The van der Waals surface area contributed by atoms with Crippen LogP contribution in [0.4, 0.5) is 5.69 Å². The van der Waals surface area contributed by atoms with Crippen LogP contribution in [0.25, 0.3) is 0 Å². The summed E-state index contributed by atoms with van der Waals surface area (Å²) in [6.07, 6.45) is 3.96. The number of hydrogen-bond donors (Lipinski definition) is 0. The van der Waals surface area contributed by atoms with Gasteiger partial charge in [-0.1, -0.05) is 18.2 Å². The summed E-state index contributed by atoms with van der Waals surface area (Å²) in [4.78, 5) is 30.7. The van der Waals surface area contributed by atoms with Gasteiger partial charge >= 0.3 is 5.97 Å². The molecule has 0 saturated heterocycles. The quantitative estimate of drug-likeness (QED) is 0.808. The molecule has 0 fully saturated rings. The highest BCUT2D eigenvalue weighted by atomic mass is 16.5. The number of anilines is 1. The summed E-state index contributed by atoms with van der Waals surface area (Å²) in [5, 5.41) is 0. The third kappa shape index (κ3) is 3.04. The fourth-order valence-corrected chi connectivity index (χ4v) is 3.09. The number of imidazole rings is 1. The molecule has 6 heteroatoms. The average molecular weight is 327 g/mol. The number of nitrogens with zero attached hydrogens (tertiary/aromatic N) is 3. The van der Waals surface area contributed by atoms with Gasteiger partial charge in [0, 0.05) is 24.1 Å². The lowest BCUT2D eigenvalue weighted by molar-refractivity contribution is -0.145. The number of aromatic nitrogens is 2. The Kier molecular flexibility index (Phi) is 4.64. The Hall–Kier alpha value is -2.63. The fourth-order valence-electron chi connectivity index (χ4n) is 3.09. The van der Waals surface area contributed by atoms with Gasteiger partial charge in [0.15, 0.2) is 0 Å². The second kappa shape index (κ2) is 6.86. The molecule has 126 valence electrons. The van der Waals surface area contributed by atoms with E-state index in [0.717, 1.165) is 16.9 Å². The van der Waals surface area contributed by atoms with E-state index in [0.29, 0.717) is 19.6 Å². The molecule has 1 aliphatic rings. The standard InChI is InChI=1S/C18H21N3O3/c1-3-24-18(23)15-8-9-21(16-7-5-4-6-14(15)16)17(22)11-20-12-19-10-13(20)2/h4-7,10,12,15H,3,8-9,11H2,1-2H3. The van der Waals surface area contributed by atoms with Crippen LogP contribution < -0.4 is 4.90 Å². The molecular weight excluding hydrogens is 306 g/mol. The maximum Gasteiger partial charge on any atom is 0.313 e. The number of hydrogen-bond acceptors (Lipinski definition) is 4. The van der Waals surface area contributed by atoms with Gasteiger partial charge in [-0.15, -0.1) is 0 Å². The first-order valence-electron chi connectivity index (χ1n) is 8.14. The van der Waals surface area contributed by atoms with Crippen molar-refractivity contribution in [2.45, 2.75) is 32.7 Å². The number of fused-ring (bicyclic) bond motifs is 1. The number of amides is 1. The fraction of sp³-hybridized carbons (Fsp3) is 0.389. The van der Waals surface area contributed by atoms with Gasteiger partial charge in [0.2, 0.25) is 5.91 Å². The number of esters is 1. The molecule has 0 saturated carbocycles. The van der Waals surface area contributed by atoms with Crippen molar-refractivity contribution in [3.8, 4) is 0 Å². The average Bonchev–Trinajstić information content (AvgIpc) is 2.98. The number of carbonyl (C=O) groups excluding carboxylic acids is 2. The molecular formula is C18H21N3O3. The van der Waals surface area contributed by atoms with Gasteiger partial charge < -0.3 is 14.2 Å². The highest BCUT2D eigenvalue weighted by Crippen LogP contribution is 2.36. The molecule has 0 aliphatic carbocycles. The van der Waals surface area contributed by atoms with E-state index in [9.17, 15) is 9.59 Å². The third-order valence-corrected chi connectivity index (χ3v) is 4.34. The highest BCUT2D eigenvalue weighted by molar-refractivity contribution is 5.96. The molecule has 2 heterocycles. The first-order chi connectivity index (χ1) is 11.6. The molecule has 1 aromatic carbocycles. The van der Waals surface area contributed by atoms with Crippen molar-refractivity contribution in [1.29, 1.82) is 0 Å². The van der Waals surface area contributed by atoms with E-state index in [1.807, 2.05) is 35.8 Å². The summed E-state index contributed by atoms with van der Waals surface area (Å²) in [5.41, 5.74) is 2.60. The van der Waals surface area contributed by atoms with E-state index >= 15 is 0 Å². The van der Waals surface area contributed by atoms with E-state index in [2.05, 4.69) is 4.98 Å². The lowest BCUT2D eigenvalue weighted by atomic mass is 9.90. The predicted molar refractivity (Wildman–Crippen MR) is 89.8 cm³/mol. The number of para-hydroxylation sites is 1. The van der Waals surface area contributed by atoms with Crippen molar-refractivity contribution in [2.24, 2.45) is 0 Å². The van der Waals surface area contributed by atoms with Crippen LogP contribution in [0.3, 0.4) is 0 Å². The molecule has 24 heavy (non-hydrogen) atoms. The van der Waals surface area contributed by atoms with Crippen molar-refractivity contribution in [1.82, 2.24) is 9.55 Å². The number of ether oxygens (including phenoxy) is 1. The first kappa shape index (κ1) is 16.2. The van der Waals surface area contributed by atoms with Crippen LogP contribution in [-0.4, -0.2) is 34.6 Å². The number of rotatable bonds is 4. The molecule has 2 aromatic rings. The van der Waals surface area contributed by atoms with E-state index in [1.165, 1.54) is 0 Å². The molecule has 1 amide bonds. The zero-order valence-corrected chi connectivity index (χ0v) is 13.9. The van der Waals surface area contributed by atoms with Gasteiger partial charge in [-0.25, -0.2) is 4.98 Å². The Balaban J connectivity index is 1.85. The molecule has 1 aromatic heterocycles. The lowest BCUT2D eigenvalue weighted by Crippen LogP contribution is -2.40. The minimum atomic E-state index is -0.305. The molecule has 1 atom stereocenters. The number of aryl methyl sites for hydroxylation is 1. The zero-order valence-electron chi connectivity index (χ0n) is 13.9. The molecule has 6 nitrogen and oxygen atoms in total. The topological polar surface area (TPSA) is 64.4 Å². The molecule has 1 aliphatic heterocycles. The van der Waals surface area contributed by atoms with Crippen molar-refractivity contribution >= 4 is 17.6 Å². The van der Waals surface area contributed by atoms with Crippen LogP contribution in [0, 0.1) is 6.92 Å². The van der Waals surface area contributed by atoms with Gasteiger partial charge in [-0.05, 0) is 31.9 Å². The smallest absolute Gasteiger partial charge is 0.313 e. The Morgan fingerprint density at radius 1 is 1.33 bits per heavy atom. The van der Waals surface area contributed by atoms with Crippen molar-refractivity contribution in [3.63, 3.8) is 0 Å². The van der Waals surface area contributed by atoms with Crippen LogP contribution in [0.2, 0.25) is 0 Å². The summed E-state index contributed by atoms with van der Waals surface area (Å²) < 4.78 is 7.00. The third-order valence-electron chi connectivity index (χ3n) is 4.34. The predicted octanol–water partition coefficient (Wildman–Crippen LogP) is 2.28. The first-order valence-corrected chi connectivity index (χ1v) is 8.14. The van der Waals surface area contributed by atoms with Crippen molar-refractivity contribution in [3.05, 3.63) is 48.0 Å². The maximum atomic E-state index is 12.7. The van der Waals surface area contributed by atoms with Gasteiger partial charge in [0.05, 0.1) is 18.9 Å². The molecule has 1 unspecified atom stereocenters. The van der Waals surface area contributed by atoms with Crippen LogP contribution >= 0.6 is 0 Å². The Bertz CT molecular complexity index is 753. The van der Waals surface area contributed by atoms with Crippen molar-refractivity contribution < 1.29 is 14.3 Å². The summed E-state index contributed by atoms with van der Waals surface area (Å²) in [6.45, 7) is 4.83. The summed E-state index contributed by atoms with van der Waals surface area (Å²) >= 11 is 0. The Morgan fingerprint density at radius 3 is 2.83 bits per heavy atom. The normalized spacial score (nSPS) is 16.6. The van der Waals surface area contributed by atoms with E-state index in [4.69, 9.17) is 4.74 Å². The second-order valence-electron chi connectivity index (χ2n) is 5.86. The number of benzene rings is 1. The molecule has 0 N–H and O–H groups in total. The minimum absolute atomic E-state index is 0.00846. The van der Waals surface area contributed by atoms with Crippen LogP contribution in [0.1, 0.15) is 30.5 Å². The van der Waals surface area contributed by atoms with E-state index < -0.39 is 0 Å². The Morgan fingerprint density at radius 2 is 2.12 bits per heavy atom. The molecule has 0 spiro atoms.